The lowest BCUT2D eigenvalue weighted by molar-refractivity contribution is 0.601. The van der Waals surface area contributed by atoms with Gasteiger partial charge in [-0.2, -0.15) is 9.97 Å². The summed E-state index contributed by atoms with van der Waals surface area (Å²) in [6.45, 7) is 5.11. The second-order valence-corrected chi connectivity index (χ2v) is 6.38. The zero-order valence-corrected chi connectivity index (χ0v) is 15.0. The fourth-order valence-electron chi connectivity index (χ4n) is 1.85. The van der Waals surface area contributed by atoms with Crippen LogP contribution in [0.3, 0.4) is 0 Å². The Morgan fingerprint density at radius 2 is 1.58 bits per heavy atom. The summed E-state index contributed by atoms with van der Waals surface area (Å²) in [6, 6.07) is 7.48. The number of sulfonamides is 1. The van der Waals surface area contributed by atoms with Crippen LogP contribution in [-0.4, -0.2) is 31.5 Å². The van der Waals surface area contributed by atoms with Gasteiger partial charge in [-0.15, -0.1) is 12.4 Å². The van der Waals surface area contributed by atoms with E-state index in [0.717, 1.165) is 0 Å². The van der Waals surface area contributed by atoms with E-state index in [1.165, 1.54) is 24.3 Å². The molecule has 0 unspecified atom stereocenters. The molecule has 0 atom stereocenters. The van der Waals surface area contributed by atoms with Gasteiger partial charge < -0.3 is 16.4 Å². The normalized spacial score (nSPS) is 10.6. The molecule has 0 aliphatic carbocycles. The molecule has 0 spiro atoms. The van der Waals surface area contributed by atoms with Gasteiger partial charge in [-0.3, -0.25) is 4.72 Å². The van der Waals surface area contributed by atoms with E-state index < -0.39 is 10.0 Å². The van der Waals surface area contributed by atoms with Crippen molar-refractivity contribution in [1.82, 2.24) is 9.97 Å². The number of nitrogens with zero attached hydrogens (tertiary/aromatic N) is 2. The summed E-state index contributed by atoms with van der Waals surface area (Å²) < 4.78 is 27.2. The van der Waals surface area contributed by atoms with Crippen molar-refractivity contribution in [3.05, 3.63) is 30.3 Å². The number of anilines is 4. The van der Waals surface area contributed by atoms with E-state index in [0.29, 0.717) is 30.5 Å². The van der Waals surface area contributed by atoms with Crippen molar-refractivity contribution in [3.63, 3.8) is 0 Å². The Labute approximate surface area is 147 Å². The number of benzene rings is 1. The minimum atomic E-state index is -3.74. The van der Waals surface area contributed by atoms with E-state index in [-0.39, 0.29) is 23.1 Å². The Balaban J connectivity index is 0.00000288. The van der Waals surface area contributed by atoms with E-state index in [1.807, 2.05) is 13.8 Å². The Hall–Kier alpha value is -2.26. The van der Waals surface area contributed by atoms with Gasteiger partial charge >= 0.3 is 0 Å². The maximum Gasteiger partial charge on any atom is 0.263 e. The average Bonchev–Trinajstić information content (AvgIpc) is 2.47. The van der Waals surface area contributed by atoms with Crippen LogP contribution in [0, 0.1) is 0 Å². The topological polar surface area (TPSA) is 122 Å². The molecule has 0 bridgehead atoms. The van der Waals surface area contributed by atoms with Gasteiger partial charge in [-0.1, -0.05) is 0 Å². The molecule has 0 fully saturated rings. The van der Waals surface area contributed by atoms with E-state index in [4.69, 9.17) is 5.73 Å². The Bertz CT molecular complexity index is 743. The van der Waals surface area contributed by atoms with Gasteiger partial charge in [0.15, 0.2) is 0 Å². The first-order valence-electron chi connectivity index (χ1n) is 7.19. The van der Waals surface area contributed by atoms with Crippen LogP contribution < -0.4 is 21.1 Å². The van der Waals surface area contributed by atoms with Gasteiger partial charge in [-0.25, -0.2) is 8.42 Å². The molecule has 8 nitrogen and oxygen atoms in total. The molecule has 0 saturated carbocycles. The molecule has 132 valence electrons. The molecule has 5 N–H and O–H groups in total. The zero-order valence-electron chi connectivity index (χ0n) is 13.4. The number of nitrogen functional groups attached to an aromatic ring is 1. The van der Waals surface area contributed by atoms with Gasteiger partial charge in [0.2, 0.25) is 5.95 Å². The lowest BCUT2D eigenvalue weighted by atomic mass is 10.3. The number of halogens is 1. The van der Waals surface area contributed by atoms with Crippen LogP contribution in [0.4, 0.5) is 23.3 Å². The summed E-state index contributed by atoms with van der Waals surface area (Å²) in [5, 5.41) is 6.00. The summed E-state index contributed by atoms with van der Waals surface area (Å²) in [5.41, 5.74) is 6.07. The monoisotopic (exact) mass is 372 g/mol. The van der Waals surface area contributed by atoms with Gasteiger partial charge in [0.1, 0.15) is 11.6 Å². The van der Waals surface area contributed by atoms with Crippen LogP contribution in [0.15, 0.2) is 35.2 Å². The first-order valence-corrected chi connectivity index (χ1v) is 8.68. The molecule has 0 amide bonds. The Morgan fingerprint density at radius 1 is 1.00 bits per heavy atom. The fourth-order valence-corrected chi connectivity index (χ4v) is 2.84. The van der Waals surface area contributed by atoms with Crippen molar-refractivity contribution in [2.24, 2.45) is 0 Å². The van der Waals surface area contributed by atoms with Crippen LogP contribution >= 0.6 is 12.4 Å². The summed E-state index contributed by atoms with van der Waals surface area (Å²) in [6.07, 6.45) is 0. The molecule has 1 aromatic carbocycles. The maximum atomic E-state index is 12.4. The van der Waals surface area contributed by atoms with E-state index in [1.54, 1.807) is 6.07 Å². The lowest BCUT2D eigenvalue weighted by Crippen LogP contribution is -2.16. The summed E-state index contributed by atoms with van der Waals surface area (Å²) in [5.74, 6) is 1.07. The summed E-state index contributed by atoms with van der Waals surface area (Å²) in [4.78, 5) is 8.51. The molecular weight excluding hydrogens is 352 g/mol. The van der Waals surface area contributed by atoms with Crippen molar-refractivity contribution in [3.8, 4) is 0 Å². The van der Waals surface area contributed by atoms with Gasteiger partial charge in [0.05, 0.1) is 4.90 Å². The van der Waals surface area contributed by atoms with Crippen LogP contribution in [0.1, 0.15) is 13.8 Å². The van der Waals surface area contributed by atoms with Gasteiger partial charge in [0, 0.05) is 24.8 Å². The van der Waals surface area contributed by atoms with Crippen molar-refractivity contribution in [1.29, 1.82) is 0 Å². The third-order valence-electron chi connectivity index (χ3n) is 2.85. The van der Waals surface area contributed by atoms with Gasteiger partial charge in [-0.05, 0) is 38.1 Å². The first kappa shape index (κ1) is 19.8. The highest BCUT2D eigenvalue weighted by Gasteiger charge is 2.16. The molecule has 2 aromatic rings. The molecule has 1 heterocycles. The molecular formula is C14H21ClN6O2S. The minimum Gasteiger partial charge on any atom is -0.399 e. The highest BCUT2D eigenvalue weighted by molar-refractivity contribution is 7.92. The predicted molar refractivity (Wildman–Crippen MR) is 99.3 cm³/mol. The fraction of sp³-hybridized carbons (Fsp3) is 0.286. The van der Waals surface area contributed by atoms with Crippen LogP contribution in [0.25, 0.3) is 0 Å². The third kappa shape index (κ3) is 5.14. The molecule has 0 radical (unpaired) electrons. The first-order chi connectivity index (χ1) is 10.9. The SMILES string of the molecule is CCNc1cc(NS(=O)(=O)c2ccc(N)cc2)nc(NCC)n1.Cl. The van der Waals surface area contributed by atoms with E-state index in [2.05, 4.69) is 25.3 Å². The van der Waals surface area contributed by atoms with Crippen LogP contribution in [0.5, 0.6) is 0 Å². The number of nitrogens with two attached hydrogens (primary N) is 1. The van der Waals surface area contributed by atoms with E-state index in [9.17, 15) is 8.42 Å². The zero-order chi connectivity index (χ0) is 16.9. The largest absolute Gasteiger partial charge is 0.399 e. The standard InChI is InChI=1S/C14H20N6O2S.ClH/c1-3-16-12-9-13(19-14(18-12)17-4-2)20-23(21,22)11-7-5-10(15)6-8-11;/h5-9H,3-4,15H2,1-2H3,(H3,16,17,18,19,20);1H. The number of hydrogen-bond acceptors (Lipinski definition) is 7. The number of nitrogens with one attached hydrogen (secondary N) is 3. The molecule has 0 aliphatic heterocycles. The highest BCUT2D eigenvalue weighted by atomic mass is 35.5. The Morgan fingerprint density at radius 3 is 2.17 bits per heavy atom. The Kier molecular flexibility index (Phi) is 7.05. The van der Waals surface area contributed by atoms with Crippen LogP contribution in [-0.2, 0) is 10.0 Å². The quantitative estimate of drug-likeness (QED) is 0.549. The number of rotatable bonds is 7. The number of hydrogen-bond donors (Lipinski definition) is 4. The molecule has 0 aliphatic rings. The smallest absolute Gasteiger partial charge is 0.263 e. The third-order valence-corrected chi connectivity index (χ3v) is 4.22. The van der Waals surface area contributed by atoms with Crippen LogP contribution in [0.2, 0.25) is 0 Å². The number of aromatic nitrogens is 2. The predicted octanol–water partition coefficient (Wildman–Crippen LogP) is 2.15. The van der Waals surface area contributed by atoms with Crippen molar-refractivity contribution in [2.75, 3.05) is 34.2 Å². The second kappa shape index (κ2) is 8.55. The van der Waals surface area contributed by atoms with Gasteiger partial charge in [0.25, 0.3) is 10.0 Å². The molecule has 1 aromatic heterocycles. The summed E-state index contributed by atoms with van der Waals surface area (Å²) >= 11 is 0. The average molecular weight is 373 g/mol. The van der Waals surface area contributed by atoms with Crippen molar-refractivity contribution in [2.45, 2.75) is 18.7 Å². The molecule has 2 rings (SSSR count). The summed E-state index contributed by atoms with van der Waals surface area (Å²) in [7, 11) is -3.74. The molecule has 0 saturated heterocycles. The van der Waals surface area contributed by atoms with E-state index >= 15 is 0 Å². The van der Waals surface area contributed by atoms with Crippen molar-refractivity contribution < 1.29 is 8.42 Å². The highest BCUT2D eigenvalue weighted by Crippen LogP contribution is 2.19. The lowest BCUT2D eigenvalue weighted by Gasteiger charge is -2.11. The molecule has 24 heavy (non-hydrogen) atoms. The second-order valence-electron chi connectivity index (χ2n) is 4.70. The maximum absolute atomic E-state index is 12.4. The van der Waals surface area contributed by atoms with Crippen molar-refractivity contribution >= 4 is 45.7 Å². The minimum absolute atomic E-state index is 0. The molecule has 10 heteroatoms.